The number of hydrogen-bond donors (Lipinski definition) is 0. The smallest absolute Gasteiger partial charge is 0.124 e. The van der Waals surface area contributed by atoms with E-state index in [-0.39, 0.29) is 5.82 Å². The molecule has 0 aliphatic rings. The van der Waals surface area contributed by atoms with Crippen molar-refractivity contribution in [1.82, 2.24) is 4.98 Å². The summed E-state index contributed by atoms with van der Waals surface area (Å²) in [4.78, 5) is 5.45. The highest BCUT2D eigenvalue weighted by Gasteiger charge is 2.06. The lowest BCUT2D eigenvalue weighted by Gasteiger charge is -1.94. The molecule has 0 unspecified atom stereocenters. The highest BCUT2D eigenvalue weighted by molar-refractivity contribution is 9.10. The average molecular weight is 272 g/mol. The van der Waals surface area contributed by atoms with E-state index in [0.717, 1.165) is 20.1 Å². The third-order valence-electron chi connectivity index (χ3n) is 1.83. The van der Waals surface area contributed by atoms with Gasteiger partial charge < -0.3 is 0 Å². The van der Waals surface area contributed by atoms with E-state index in [4.69, 9.17) is 0 Å². The quantitative estimate of drug-likeness (QED) is 0.764. The van der Waals surface area contributed by atoms with Gasteiger partial charge in [0.2, 0.25) is 0 Å². The molecule has 0 saturated carbocycles. The molecule has 2 rings (SSSR count). The first kappa shape index (κ1) is 9.80. The summed E-state index contributed by atoms with van der Waals surface area (Å²) in [7, 11) is 0. The number of benzene rings is 1. The minimum Gasteiger partial charge on any atom is -0.229 e. The zero-order valence-corrected chi connectivity index (χ0v) is 9.82. The number of rotatable bonds is 1. The van der Waals surface area contributed by atoms with Gasteiger partial charge in [0.25, 0.3) is 0 Å². The monoisotopic (exact) mass is 271 g/mol. The zero-order valence-electron chi connectivity index (χ0n) is 7.42. The van der Waals surface area contributed by atoms with Crippen molar-refractivity contribution in [1.29, 1.82) is 0 Å². The van der Waals surface area contributed by atoms with Gasteiger partial charge in [-0.25, -0.2) is 9.37 Å². The van der Waals surface area contributed by atoms with Crippen molar-refractivity contribution in [3.05, 3.63) is 39.6 Å². The van der Waals surface area contributed by atoms with Gasteiger partial charge in [-0.1, -0.05) is 0 Å². The van der Waals surface area contributed by atoms with E-state index in [2.05, 4.69) is 20.9 Å². The van der Waals surface area contributed by atoms with Crippen LogP contribution in [0.2, 0.25) is 0 Å². The lowest BCUT2D eigenvalue weighted by molar-refractivity contribution is 0.628. The van der Waals surface area contributed by atoms with Crippen LogP contribution in [-0.4, -0.2) is 4.98 Å². The SMILES string of the molecule is Cc1sc(-c2ccc(F)cc2)nc1Br. The summed E-state index contributed by atoms with van der Waals surface area (Å²) in [5.74, 6) is -0.221. The molecule has 0 radical (unpaired) electrons. The molecular formula is C10H7BrFNS. The van der Waals surface area contributed by atoms with E-state index in [9.17, 15) is 4.39 Å². The summed E-state index contributed by atoms with van der Waals surface area (Å²) in [6.45, 7) is 1.99. The highest BCUT2D eigenvalue weighted by Crippen LogP contribution is 2.30. The van der Waals surface area contributed by atoms with E-state index < -0.39 is 0 Å². The third-order valence-corrected chi connectivity index (χ3v) is 3.89. The predicted molar refractivity (Wildman–Crippen MR) is 59.9 cm³/mol. The zero-order chi connectivity index (χ0) is 10.1. The first-order valence-corrected chi connectivity index (χ1v) is 5.66. The molecule has 0 bridgehead atoms. The fourth-order valence-electron chi connectivity index (χ4n) is 1.09. The van der Waals surface area contributed by atoms with Crippen LogP contribution in [0.5, 0.6) is 0 Å². The van der Waals surface area contributed by atoms with Gasteiger partial charge in [-0.15, -0.1) is 11.3 Å². The molecule has 2 aromatic rings. The molecular weight excluding hydrogens is 265 g/mol. The Morgan fingerprint density at radius 2 is 1.93 bits per heavy atom. The summed E-state index contributed by atoms with van der Waals surface area (Å²) in [5, 5.41) is 0.911. The van der Waals surface area contributed by atoms with Crippen molar-refractivity contribution in [2.45, 2.75) is 6.92 Å². The summed E-state index contributed by atoms with van der Waals surface area (Å²) in [5.41, 5.74) is 0.949. The van der Waals surface area contributed by atoms with E-state index in [1.54, 1.807) is 23.5 Å². The molecule has 1 nitrogen and oxygen atoms in total. The molecule has 0 aliphatic heterocycles. The van der Waals surface area contributed by atoms with Crippen molar-refractivity contribution in [3.8, 4) is 10.6 Å². The minimum atomic E-state index is -0.221. The van der Waals surface area contributed by atoms with Crippen molar-refractivity contribution >= 4 is 27.3 Å². The molecule has 4 heteroatoms. The normalized spacial score (nSPS) is 10.5. The first-order valence-electron chi connectivity index (χ1n) is 4.05. The average Bonchev–Trinajstić information content (AvgIpc) is 2.48. The van der Waals surface area contributed by atoms with Crippen molar-refractivity contribution in [3.63, 3.8) is 0 Å². The Balaban J connectivity index is 2.44. The molecule has 1 heterocycles. The molecule has 72 valence electrons. The van der Waals surface area contributed by atoms with Crippen molar-refractivity contribution in [2.75, 3.05) is 0 Å². The lowest BCUT2D eigenvalue weighted by Crippen LogP contribution is -1.76. The van der Waals surface area contributed by atoms with Crippen LogP contribution in [0.15, 0.2) is 28.9 Å². The number of aromatic nitrogens is 1. The number of aryl methyl sites for hydroxylation is 1. The Morgan fingerprint density at radius 3 is 2.43 bits per heavy atom. The first-order chi connectivity index (χ1) is 6.66. The largest absolute Gasteiger partial charge is 0.229 e. The number of halogens is 2. The molecule has 0 spiro atoms. The standard InChI is InChI=1S/C10H7BrFNS/c1-6-9(11)13-10(14-6)7-2-4-8(12)5-3-7/h2-5H,1H3. The summed E-state index contributed by atoms with van der Waals surface area (Å²) < 4.78 is 13.5. The molecule has 0 N–H and O–H groups in total. The Bertz CT molecular complexity index is 430. The summed E-state index contributed by atoms with van der Waals surface area (Å²) in [6, 6.07) is 6.36. The number of thiazole rings is 1. The van der Waals surface area contributed by atoms with Gasteiger partial charge in [0.15, 0.2) is 0 Å². The topological polar surface area (TPSA) is 12.9 Å². The maximum absolute atomic E-state index is 12.7. The van der Waals surface area contributed by atoms with E-state index in [1.165, 1.54) is 12.1 Å². The molecule has 1 aromatic heterocycles. The molecule has 0 saturated heterocycles. The van der Waals surface area contributed by atoms with Crippen molar-refractivity contribution in [2.24, 2.45) is 0 Å². The van der Waals surface area contributed by atoms with Gasteiger partial charge >= 0.3 is 0 Å². The minimum absolute atomic E-state index is 0.221. The van der Waals surface area contributed by atoms with Crippen LogP contribution >= 0.6 is 27.3 Å². The second-order valence-corrected chi connectivity index (χ2v) is 4.83. The summed E-state index contributed by atoms with van der Waals surface area (Å²) >= 11 is 4.95. The van der Waals surface area contributed by atoms with Gasteiger partial charge in [0, 0.05) is 10.4 Å². The lowest BCUT2D eigenvalue weighted by atomic mass is 10.2. The third kappa shape index (κ3) is 1.86. The summed E-state index contributed by atoms with van der Waals surface area (Å²) in [6.07, 6.45) is 0. The second-order valence-electron chi connectivity index (χ2n) is 2.87. The van der Waals surface area contributed by atoms with E-state index in [0.29, 0.717) is 0 Å². The van der Waals surface area contributed by atoms with Crippen LogP contribution in [0.1, 0.15) is 4.88 Å². The number of nitrogens with zero attached hydrogens (tertiary/aromatic N) is 1. The molecule has 0 fully saturated rings. The second kappa shape index (κ2) is 3.79. The van der Waals surface area contributed by atoms with E-state index >= 15 is 0 Å². The molecule has 0 aliphatic carbocycles. The van der Waals surface area contributed by atoms with Crippen LogP contribution in [-0.2, 0) is 0 Å². The Labute approximate surface area is 93.7 Å². The Kier molecular flexibility index (Phi) is 2.65. The molecule has 14 heavy (non-hydrogen) atoms. The maximum atomic E-state index is 12.7. The van der Waals surface area contributed by atoms with Crippen LogP contribution in [0.25, 0.3) is 10.6 Å². The molecule has 0 atom stereocenters. The Morgan fingerprint density at radius 1 is 1.29 bits per heavy atom. The van der Waals surface area contributed by atoms with E-state index in [1.807, 2.05) is 6.92 Å². The molecule has 0 amide bonds. The Hall–Kier alpha value is -0.740. The van der Waals surface area contributed by atoms with Gasteiger partial charge in [0.1, 0.15) is 15.4 Å². The van der Waals surface area contributed by atoms with Crippen molar-refractivity contribution < 1.29 is 4.39 Å². The number of hydrogen-bond acceptors (Lipinski definition) is 2. The van der Waals surface area contributed by atoms with Crippen LogP contribution < -0.4 is 0 Å². The van der Waals surface area contributed by atoms with Gasteiger partial charge in [-0.2, -0.15) is 0 Å². The maximum Gasteiger partial charge on any atom is 0.124 e. The predicted octanol–water partition coefficient (Wildman–Crippen LogP) is 4.02. The van der Waals surface area contributed by atoms with Crippen LogP contribution in [0.3, 0.4) is 0 Å². The van der Waals surface area contributed by atoms with Crippen LogP contribution in [0, 0.1) is 12.7 Å². The molecule has 1 aromatic carbocycles. The van der Waals surface area contributed by atoms with Crippen LogP contribution in [0.4, 0.5) is 4.39 Å². The highest BCUT2D eigenvalue weighted by atomic mass is 79.9. The fraction of sp³-hybridized carbons (Fsp3) is 0.100. The van der Waals surface area contributed by atoms with Gasteiger partial charge in [-0.3, -0.25) is 0 Å². The van der Waals surface area contributed by atoms with Gasteiger partial charge in [0.05, 0.1) is 0 Å². The fourth-order valence-corrected chi connectivity index (χ4v) is 2.44. The van der Waals surface area contributed by atoms with Gasteiger partial charge in [-0.05, 0) is 47.1 Å².